The van der Waals surface area contributed by atoms with Crippen LogP contribution in [0.1, 0.15) is 22.8 Å². The summed E-state index contributed by atoms with van der Waals surface area (Å²) in [5, 5.41) is 4.20. The molecule has 8 nitrogen and oxygen atoms in total. The van der Waals surface area contributed by atoms with Crippen LogP contribution in [0, 0.1) is 0 Å². The largest absolute Gasteiger partial charge is 0.354 e. The van der Waals surface area contributed by atoms with Gasteiger partial charge in [-0.25, -0.2) is 9.97 Å². The highest BCUT2D eigenvalue weighted by Gasteiger charge is 2.20. The standard InChI is InChI=1S/C56H34N8/c1-5-33-29-37(9-13-41(33)57-25-1)53-45-17-19-47(61-45)54(38-10-14-42-34(30-38)6-2-26-58-42)49-21-23-51(63-49)56(40-12-16-44-36(32-40)8-4-28-60-44)52-24-22-50(64-52)55(48-20-18-46(53)62-48)39-11-15-43-35(31-39)7-3-27-59-43/h1-32,61,64H. The molecule has 2 N–H and O–H groups in total. The van der Waals surface area contributed by atoms with Crippen LogP contribution in [-0.4, -0.2) is 39.9 Å². The molecule has 0 atom stereocenters. The van der Waals surface area contributed by atoms with Crippen molar-refractivity contribution < 1.29 is 0 Å². The van der Waals surface area contributed by atoms with Crippen LogP contribution in [0.5, 0.6) is 0 Å². The van der Waals surface area contributed by atoms with Crippen molar-refractivity contribution in [1.82, 2.24) is 39.9 Å². The van der Waals surface area contributed by atoms with Gasteiger partial charge in [-0.1, -0.05) is 48.5 Å². The van der Waals surface area contributed by atoms with Crippen LogP contribution in [0.3, 0.4) is 0 Å². The van der Waals surface area contributed by atoms with Gasteiger partial charge in [0.05, 0.1) is 44.8 Å². The molecule has 13 rings (SSSR count). The molecule has 0 saturated carbocycles. The number of fused-ring (bicyclic) bond motifs is 12. The zero-order chi connectivity index (χ0) is 42.1. The van der Waals surface area contributed by atoms with E-state index in [-0.39, 0.29) is 0 Å². The summed E-state index contributed by atoms with van der Waals surface area (Å²) in [6.45, 7) is 0. The third-order valence-electron chi connectivity index (χ3n) is 12.3. The highest BCUT2D eigenvalue weighted by Crippen LogP contribution is 2.40. The fourth-order valence-electron chi connectivity index (χ4n) is 9.34. The van der Waals surface area contributed by atoms with Crippen molar-refractivity contribution >= 4 is 90.0 Å². The third-order valence-corrected chi connectivity index (χ3v) is 12.3. The summed E-state index contributed by atoms with van der Waals surface area (Å²) >= 11 is 0. The maximum atomic E-state index is 5.53. The second-order valence-corrected chi connectivity index (χ2v) is 16.1. The van der Waals surface area contributed by atoms with E-state index in [1.54, 1.807) is 0 Å². The van der Waals surface area contributed by atoms with Crippen LogP contribution in [0.15, 0.2) is 170 Å². The second kappa shape index (κ2) is 14.4. The molecule has 0 amide bonds. The summed E-state index contributed by atoms with van der Waals surface area (Å²) in [7, 11) is 0. The Kier molecular flexibility index (Phi) is 8.04. The molecule has 4 aromatic carbocycles. The Morgan fingerprint density at radius 2 is 0.547 bits per heavy atom. The maximum Gasteiger partial charge on any atom is 0.0737 e. The van der Waals surface area contributed by atoms with Crippen molar-refractivity contribution in [2.24, 2.45) is 0 Å². The first kappa shape index (κ1) is 35.8. The molecular weight excluding hydrogens is 785 g/mol. The van der Waals surface area contributed by atoms with Gasteiger partial charge in [0.25, 0.3) is 0 Å². The Morgan fingerprint density at radius 1 is 0.281 bits per heavy atom. The lowest BCUT2D eigenvalue weighted by Crippen LogP contribution is -1.90. The summed E-state index contributed by atoms with van der Waals surface area (Å²) in [6, 6.07) is 50.7. The van der Waals surface area contributed by atoms with Gasteiger partial charge in [-0.05, 0) is 144 Å². The minimum atomic E-state index is 0.842. The Hall–Kier alpha value is -8.88. The van der Waals surface area contributed by atoms with E-state index in [0.29, 0.717) is 0 Å². The van der Waals surface area contributed by atoms with Gasteiger partial charge in [0, 0.05) is 90.7 Å². The fraction of sp³-hybridized carbons (Fsp3) is 0. The van der Waals surface area contributed by atoms with Crippen molar-refractivity contribution in [2.45, 2.75) is 0 Å². The SMILES string of the molecule is C1=Cc2nc1c(-c1ccc3ncccc3c1)c1ccc([nH]1)c(-c1ccc3ncccc3c1)c1nc(c(-c3ccc4ncccc4c3)c3ccc([nH]3)c2-c2ccc3ncccc3c2)C=C1. The molecule has 0 saturated heterocycles. The molecule has 64 heavy (non-hydrogen) atoms. The van der Waals surface area contributed by atoms with Crippen molar-refractivity contribution in [3.05, 3.63) is 193 Å². The van der Waals surface area contributed by atoms with E-state index < -0.39 is 0 Å². The van der Waals surface area contributed by atoms with Crippen LogP contribution in [0.25, 0.3) is 134 Å². The average molecular weight is 819 g/mol. The maximum absolute atomic E-state index is 5.53. The van der Waals surface area contributed by atoms with Gasteiger partial charge in [0.2, 0.25) is 0 Å². The number of nitrogens with one attached hydrogen (secondary N) is 2. The Balaban J connectivity index is 1.19. The Morgan fingerprint density at radius 3 is 0.812 bits per heavy atom. The van der Waals surface area contributed by atoms with E-state index in [4.69, 9.17) is 9.97 Å². The molecule has 2 aliphatic heterocycles. The molecule has 298 valence electrons. The molecule has 2 aliphatic rings. The van der Waals surface area contributed by atoms with Gasteiger partial charge >= 0.3 is 0 Å². The van der Waals surface area contributed by atoms with E-state index in [9.17, 15) is 0 Å². The van der Waals surface area contributed by atoms with E-state index in [1.165, 1.54) is 0 Å². The molecular formula is C56H34N8. The van der Waals surface area contributed by atoms with Gasteiger partial charge in [0.15, 0.2) is 0 Å². The number of pyridine rings is 4. The summed E-state index contributed by atoms with van der Waals surface area (Å²) < 4.78 is 0. The normalized spacial score (nSPS) is 12.2. The molecule has 0 fully saturated rings. The molecule has 0 aliphatic carbocycles. The van der Waals surface area contributed by atoms with E-state index in [2.05, 4.69) is 176 Å². The quantitative estimate of drug-likeness (QED) is 0.183. The molecule has 0 radical (unpaired) electrons. The van der Waals surface area contributed by atoms with Crippen LogP contribution in [0.2, 0.25) is 0 Å². The van der Waals surface area contributed by atoms with Crippen molar-refractivity contribution in [3.63, 3.8) is 0 Å². The highest BCUT2D eigenvalue weighted by molar-refractivity contribution is 6.02. The molecule has 0 unspecified atom stereocenters. The predicted octanol–water partition coefficient (Wildman–Crippen LogP) is 13.5. The van der Waals surface area contributed by atoms with Crippen LogP contribution >= 0.6 is 0 Å². The van der Waals surface area contributed by atoms with E-state index >= 15 is 0 Å². The Bertz CT molecular complexity index is 3480. The van der Waals surface area contributed by atoms with Crippen LogP contribution < -0.4 is 0 Å². The van der Waals surface area contributed by atoms with Gasteiger partial charge < -0.3 is 9.97 Å². The third kappa shape index (κ3) is 6.00. The van der Waals surface area contributed by atoms with E-state index in [0.717, 1.165) is 133 Å². The summed E-state index contributed by atoms with van der Waals surface area (Å²) in [5.41, 5.74) is 18.8. The number of rotatable bonds is 4. The monoisotopic (exact) mass is 818 g/mol. The second-order valence-electron chi connectivity index (χ2n) is 16.1. The summed E-state index contributed by atoms with van der Waals surface area (Å²) in [4.78, 5) is 37.4. The van der Waals surface area contributed by atoms with Gasteiger partial charge in [-0.2, -0.15) is 0 Å². The smallest absolute Gasteiger partial charge is 0.0737 e. The molecule has 0 spiro atoms. The predicted molar refractivity (Wildman–Crippen MR) is 262 cm³/mol. The lowest BCUT2D eigenvalue weighted by Gasteiger charge is -2.08. The first-order valence-corrected chi connectivity index (χ1v) is 21.2. The molecule has 8 heteroatoms. The van der Waals surface area contributed by atoms with Crippen LogP contribution in [-0.2, 0) is 0 Å². The van der Waals surface area contributed by atoms with Gasteiger partial charge in [-0.3, -0.25) is 19.9 Å². The number of nitrogens with zero attached hydrogens (tertiary/aromatic N) is 6. The number of hydrogen-bond donors (Lipinski definition) is 2. The highest BCUT2D eigenvalue weighted by atomic mass is 14.8. The van der Waals surface area contributed by atoms with Gasteiger partial charge in [0.1, 0.15) is 0 Å². The van der Waals surface area contributed by atoms with Crippen molar-refractivity contribution in [3.8, 4) is 44.5 Å². The first-order chi connectivity index (χ1) is 31.7. The lowest BCUT2D eigenvalue weighted by molar-refractivity contribution is 1.31. The number of aromatic amines is 2. The molecule has 11 aromatic rings. The zero-order valence-electron chi connectivity index (χ0n) is 34.2. The first-order valence-electron chi connectivity index (χ1n) is 21.2. The van der Waals surface area contributed by atoms with E-state index in [1.807, 2.05) is 49.1 Å². The minimum Gasteiger partial charge on any atom is -0.354 e. The molecule has 8 bridgehead atoms. The van der Waals surface area contributed by atoms with Crippen LogP contribution in [0.4, 0.5) is 0 Å². The zero-order valence-corrected chi connectivity index (χ0v) is 34.2. The van der Waals surface area contributed by atoms with Gasteiger partial charge in [-0.15, -0.1) is 0 Å². The number of aromatic nitrogens is 8. The topological polar surface area (TPSA) is 109 Å². The lowest BCUT2D eigenvalue weighted by atomic mass is 10.0. The average Bonchev–Trinajstić information content (AvgIpc) is 4.20. The number of benzene rings is 4. The fourth-order valence-corrected chi connectivity index (χ4v) is 9.34. The Labute approximate surface area is 366 Å². The van der Waals surface area contributed by atoms with Crippen molar-refractivity contribution in [1.29, 1.82) is 0 Å². The number of H-pyrrole nitrogens is 2. The molecule has 7 aromatic heterocycles. The minimum absolute atomic E-state index is 0.842. The summed E-state index contributed by atoms with van der Waals surface area (Å²) in [6.07, 6.45) is 15.9. The number of hydrogen-bond acceptors (Lipinski definition) is 6. The summed E-state index contributed by atoms with van der Waals surface area (Å²) in [5.74, 6) is 0. The molecule has 9 heterocycles. The van der Waals surface area contributed by atoms with Crippen molar-refractivity contribution in [2.75, 3.05) is 0 Å².